The smallest absolute Gasteiger partial charge is 0.257 e. The third-order valence-electron chi connectivity index (χ3n) is 2.49. The molecule has 0 saturated heterocycles. The van der Waals surface area contributed by atoms with Crippen molar-refractivity contribution in [2.75, 3.05) is 18.5 Å². The second-order valence-electron chi connectivity index (χ2n) is 3.82. The van der Waals surface area contributed by atoms with E-state index in [-0.39, 0.29) is 18.7 Å². The zero-order chi connectivity index (χ0) is 12.3. The van der Waals surface area contributed by atoms with Gasteiger partial charge in [-0.2, -0.15) is 0 Å². The third kappa shape index (κ3) is 2.64. The van der Waals surface area contributed by atoms with Crippen molar-refractivity contribution in [3.63, 3.8) is 0 Å². The van der Waals surface area contributed by atoms with E-state index < -0.39 is 6.10 Å². The van der Waals surface area contributed by atoms with Crippen molar-refractivity contribution in [1.29, 1.82) is 0 Å². The predicted octanol–water partition coefficient (Wildman–Crippen LogP) is 0.293. The molecule has 1 unspecified atom stereocenters. The Kier molecular flexibility index (Phi) is 3.41. The van der Waals surface area contributed by atoms with E-state index in [1.54, 1.807) is 18.2 Å². The first-order valence-electron chi connectivity index (χ1n) is 5.35. The van der Waals surface area contributed by atoms with Crippen LogP contribution in [0.2, 0.25) is 0 Å². The number of aromatic amines is 1. The molecule has 0 fully saturated rings. The number of benzene rings is 1. The Morgan fingerprint density at radius 2 is 2.12 bits per heavy atom. The standard InChI is InChI=1S/C12H14N2O3/c15-7-9(16)6-13-11-5-8-3-1-2-4-10(8)12(17)14-11/h1-5,9,15-16H,6-7H2,(H2,13,14,17). The van der Waals surface area contributed by atoms with Crippen molar-refractivity contribution >= 4 is 16.6 Å². The fourth-order valence-corrected chi connectivity index (χ4v) is 1.60. The molecule has 1 atom stereocenters. The van der Waals surface area contributed by atoms with E-state index >= 15 is 0 Å². The lowest BCUT2D eigenvalue weighted by molar-refractivity contribution is 0.105. The fraction of sp³-hybridized carbons (Fsp3) is 0.250. The van der Waals surface area contributed by atoms with E-state index in [0.29, 0.717) is 11.2 Å². The molecule has 5 heteroatoms. The van der Waals surface area contributed by atoms with E-state index in [2.05, 4.69) is 10.3 Å². The molecule has 1 heterocycles. The molecular weight excluding hydrogens is 220 g/mol. The summed E-state index contributed by atoms with van der Waals surface area (Å²) in [5.74, 6) is 0.529. The molecule has 0 bridgehead atoms. The van der Waals surface area contributed by atoms with Gasteiger partial charge in [0, 0.05) is 11.9 Å². The summed E-state index contributed by atoms with van der Waals surface area (Å²) in [5.41, 5.74) is -0.177. The second-order valence-corrected chi connectivity index (χ2v) is 3.82. The van der Waals surface area contributed by atoms with Crippen molar-refractivity contribution in [2.45, 2.75) is 6.10 Å². The van der Waals surface area contributed by atoms with E-state index in [0.717, 1.165) is 5.39 Å². The first-order valence-corrected chi connectivity index (χ1v) is 5.35. The summed E-state index contributed by atoms with van der Waals surface area (Å²) in [7, 11) is 0. The second kappa shape index (κ2) is 4.99. The Morgan fingerprint density at radius 1 is 1.35 bits per heavy atom. The lowest BCUT2D eigenvalue weighted by Gasteiger charge is -2.10. The predicted molar refractivity (Wildman–Crippen MR) is 66.2 cm³/mol. The summed E-state index contributed by atoms with van der Waals surface area (Å²) in [6.07, 6.45) is -0.843. The number of aliphatic hydroxyl groups is 2. The van der Waals surface area contributed by atoms with Crippen molar-refractivity contribution in [2.24, 2.45) is 0 Å². The maximum Gasteiger partial charge on any atom is 0.257 e. The van der Waals surface area contributed by atoms with Gasteiger partial charge in [-0.25, -0.2) is 0 Å². The molecule has 0 saturated carbocycles. The molecule has 0 aliphatic rings. The largest absolute Gasteiger partial charge is 0.394 e. The molecule has 90 valence electrons. The van der Waals surface area contributed by atoms with E-state index in [1.807, 2.05) is 12.1 Å². The minimum atomic E-state index is -0.843. The van der Waals surface area contributed by atoms with Crippen LogP contribution in [-0.2, 0) is 0 Å². The van der Waals surface area contributed by atoms with Gasteiger partial charge in [-0.05, 0) is 17.5 Å². The van der Waals surface area contributed by atoms with E-state index in [4.69, 9.17) is 5.11 Å². The van der Waals surface area contributed by atoms with Crippen LogP contribution in [0.3, 0.4) is 0 Å². The number of H-pyrrole nitrogens is 1. The van der Waals surface area contributed by atoms with Gasteiger partial charge in [-0.15, -0.1) is 0 Å². The van der Waals surface area contributed by atoms with Gasteiger partial charge < -0.3 is 20.5 Å². The maximum atomic E-state index is 11.7. The Bertz CT molecular complexity index is 565. The van der Waals surface area contributed by atoms with Crippen LogP contribution in [-0.4, -0.2) is 34.5 Å². The van der Waals surface area contributed by atoms with Gasteiger partial charge in [0.15, 0.2) is 0 Å². The number of fused-ring (bicyclic) bond motifs is 1. The molecule has 17 heavy (non-hydrogen) atoms. The molecule has 2 rings (SSSR count). The number of aliphatic hydroxyl groups excluding tert-OH is 2. The van der Waals surface area contributed by atoms with Gasteiger partial charge in [0.1, 0.15) is 5.82 Å². The van der Waals surface area contributed by atoms with Gasteiger partial charge in [0.2, 0.25) is 0 Å². The molecule has 0 radical (unpaired) electrons. The molecule has 0 spiro atoms. The molecular formula is C12H14N2O3. The zero-order valence-electron chi connectivity index (χ0n) is 9.18. The van der Waals surface area contributed by atoms with Crippen LogP contribution in [0.4, 0.5) is 5.82 Å². The lowest BCUT2D eigenvalue weighted by Crippen LogP contribution is -2.24. The Morgan fingerprint density at radius 3 is 2.88 bits per heavy atom. The number of pyridine rings is 1. The highest BCUT2D eigenvalue weighted by Crippen LogP contribution is 2.12. The summed E-state index contributed by atoms with van der Waals surface area (Å²) in [4.78, 5) is 14.4. The summed E-state index contributed by atoms with van der Waals surface area (Å²) in [5, 5.41) is 22.2. The maximum absolute atomic E-state index is 11.7. The Hall–Kier alpha value is -1.85. The number of hydrogen-bond donors (Lipinski definition) is 4. The summed E-state index contributed by atoms with van der Waals surface area (Å²) in [6.45, 7) is -0.129. The quantitative estimate of drug-likeness (QED) is 0.612. The minimum absolute atomic E-state index is 0.177. The summed E-state index contributed by atoms with van der Waals surface area (Å²) in [6, 6.07) is 9.05. The number of hydrogen-bond acceptors (Lipinski definition) is 4. The zero-order valence-corrected chi connectivity index (χ0v) is 9.18. The van der Waals surface area contributed by atoms with Crippen LogP contribution in [0, 0.1) is 0 Å². The van der Waals surface area contributed by atoms with Crippen LogP contribution in [0.15, 0.2) is 35.1 Å². The van der Waals surface area contributed by atoms with Gasteiger partial charge in [0.25, 0.3) is 5.56 Å². The number of anilines is 1. The number of rotatable bonds is 4. The highest BCUT2D eigenvalue weighted by atomic mass is 16.3. The summed E-state index contributed by atoms with van der Waals surface area (Å²) >= 11 is 0. The Labute approximate surface area is 97.7 Å². The van der Waals surface area contributed by atoms with Crippen LogP contribution >= 0.6 is 0 Å². The number of aromatic nitrogens is 1. The minimum Gasteiger partial charge on any atom is -0.394 e. The van der Waals surface area contributed by atoms with Gasteiger partial charge in [-0.1, -0.05) is 18.2 Å². The monoisotopic (exact) mass is 234 g/mol. The van der Waals surface area contributed by atoms with Crippen molar-refractivity contribution in [1.82, 2.24) is 4.98 Å². The normalized spacial score (nSPS) is 12.6. The van der Waals surface area contributed by atoms with E-state index in [9.17, 15) is 9.90 Å². The highest BCUT2D eigenvalue weighted by molar-refractivity contribution is 5.83. The molecule has 0 aliphatic carbocycles. The first kappa shape index (κ1) is 11.6. The Balaban J connectivity index is 2.28. The SMILES string of the molecule is O=c1[nH]c(NCC(O)CO)cc2ccccc12. The molecule has 4 N–H and O–H groups in total. The highest BCUT2D eigenvalue weighted by Gasteiger charge is 2.04. The first-order chi connectivity index (χ1) is 8.20. The van der Waals surface area contributed by atoms with E-state index in [1.165, 1.54) is 0 Å². The average Bonchev–Trinajstić information content (AvgIpc) is 2.36. The van der Waals surface area contributed by atoms with Gasteiger partial charge in [0.05, 0.1) is 12.7 Å². The molecule has 1 aromatic carbocycles. The topological polar surface area (TPSA) is 85.4 Å². The van der Waals surface area contributed by atoms with Crippen molar-refractivity contribution in [3.8, 4) is 0 Å². The van der Waals surface area contributed by atoms with Crippen molar-refractivity contribution in [3.05, 3.63) is 40.7 Å². The fourth-order valence-electron chi connectivity index (χ4n) is 1.60. The van der Waals surface area contributed by atoms with Crippen LogP contribution < -0.4 is 10.9 Å². The van der Waals surface area contributed by atoms with Crippen LogP contribution in [0.1, 0.15) is 0 Å². The molecule has 5 nitrogen and oxygen atoms in total. The lowest BCUT2D eigenvalue weighted by atomic mass is 10.2. The van der Waals surface area contributed by atoms with Gasteiger partial charge in [-0.3, -0.25) is 4.79 Å². The molecule has 2 aromatic rings. The molecule has 0 aliphatic heterocycles. The van der Waals surface area contributed by atoms with Crippen LogP contribution in [0.5, 0.6) is 0 Å². The van der Waals surface area contributed by atoms with Gasteiger partial charge >= 0.3 is 0 Å². The summed E-state index contributed by atoms with van der Waals surface area (Å²) < 4.78 is 0. The van der Waals surface area contributed by atoms with Crippen molar-refractivity contribution < 1.29 is 10.2 Å². The third-order valence-corrected chi connectivity index (χ3v) is 2.49. The molecule has 1 aromatic heterocycles. The number of nitrogens with one attached hydrogen (secondary N) is 2. The average molecular weight is 234 g/mol. The molecule has 0 amide bonds. The van der Waals surface area contributed by atoms with Crippen LogP contribution in [0.25, 0.3) is 10.8 Å².